The first-order valence-electron chi connectivity index (χ1n) is 10.2. The van der Waals surface area contributed by atoms with Crippen LogP contribution in [0.25, 0.3) is 0 Å². The number of nitrogens with zero attached hydrogens (tertiary/aromatic N) is 1. The Morgan fingerprint density at radius 1 is 1.27 bits per heavy atom. The normalized spacial score (nSPS) is 24.2. The van der Waals surface area contributed by atoms with E-state index in [-0.39, 0.29) is 18.4 Å². The number of ether oxygens (including phenoxy) is 1. The summed E-state index contributed by atoms with van der Waals surface area (Å²) in [5, 5.41) is 5.90. The Kier molecular flexibility index (Phi) is 6.16. The molecule has 3 heterocycles. The number of hydrogen-bond acceptors (Lipinski definition) is 5. The predicted molar refractivity (Wildman–Crippen MR) is 120 cm³/mol. The Morgan fingerprint density at radius 2 is 2.10 bits per heavy atom. The van der Waals surface area contributed by atoms with E-state index in [0.717, 1.165) is 25.1 Å². The highest BCUT2D eigenvalue weighted by Gasteiger charge is 2.44. The fourth-order valence-corrected chi connectivity index (χ4v) is 4.93. The van der Waals surface area contributed by atoms with E-state index in [9.17, 15) is 9.59 Å². The lowest BCUT2D eigenvalue weighted by Gasteiger charge is -2.27. The summed E-state index contributed by atoms with van der Waals surface area (Å²) in [4.78, 5) is 28.7. The number of carbonyl (C=O) groups is 2. The van der Waals surface area contributed by atoms with Crippen LogP contribution in [0.5, 0.6) is 0 Å². The first-order valence-corrected chi connectivity index (χ1v) is 11.3. The van der Waals surface area contributed by atoms with Gasteiger partial charge in [-0.15, -0.1) is 11.3 Å². The first-order chi connectivity index (χ1) is 14.4. The van der Waals surface area contributed by atoms with Gasteiger partial charge in [0.2, 0.25) is 0 Å². The fraction of sp³-hybridized carbons (Fsp3) is 0.455. The van der Waals surface area contributed by atoms with E-state index in [2.05, 4.69) is 41.6 Å². The SMILES string of the molecule is CC1Cc2ccc(NC(=O)[C@]3(NC(=O)c4ccc(Cl)s4)CCOC3)cc2CCN1C. The summed E-state index contributed by atoms with van der Waals surface area (Å²) in [6, 6.07) is 9.93. The van der Waals surface area contributed by atoms with Crippen molar-refractivity contribution in [3.63, 3.8) is 0 Å². The summed E-state index contributed by atoms with van der Waals surface area (Å²) in [5.74, 6) is -0.568. The van der Waals surface area contributed by atoms with Crippen molar-refractivity contribution in [3.8, 4) is 0 Å². The van der Waals surface area contributed by atoms with E-state index < -0.39 is 5.54 Å². The Bertz CT molecular complexity index is 955. The van der Waals surface area contributed by atoms with Crippen LogP contribution in [0.2, 0.25) is 4.34 Å². The summed E-state index contributed by atoms with van der Waals surface area (Å²) in [5.41, 5.74) is 2.25. The molecule has 2 aliphatic heterocycles. The number of likely N-dealkylation sites (N-methyl/N-ethyl adjacent to an activating group) is 1. The summed E-state index contributed by atoms with van der Waals surface area (Å²) in [6.07, 6.45) is 2.37. The largest absolute Gasteiger partial charge is 0.378 e. The van der Waals surface area contributed by atoms with E-state index >= 15 is 0 Å². The molecule has 30 heavy (non-hydrogen) atoms. The average Bonchev–Trinajstić information content (AvgIpc) is 3.34. The Morgan fingerprint density at radius 3 is 2.80 bits per heavy atom. The van der Waals surface area contributed by atoms with Crippen molar-refractivity contribution in [1.29, 1.82) is 0 Å². The summed E-state index contributed by atoms with van der Waals surface area (Å²) >= 11 is 7.13. The van der Waals surface area contributed by atoms with Crippen LogP contribution < -0.4 is 10.6 Å². The molecule has 0 spiro atoms. The van der Waals surface area contributed by atoms with Gasteiger partial charge in [-0.05, 0) is 62.2 Å². The number of fused-ring (bicyclic) bond motifs is 1. The van der Waals surface area contributed by atoms with Gasteiger partial charge in [-0.25, -0.2) is 0 Å². The van der Waals surface area contributed by atoms with E-state index in [1.54, 1.807) is 12.1 Å². The summed E-state index contributed by atoms with van der Waals surface area (Å²) in [6.45, 7) is 3.80. The zero-order valence-electron chi connectivity index (χ0n) is 17.2. The second-order valence-corrected chi connectivity index (χ2v) is 9.88. The van der Waals surface area contributed by atoms with Crippen molar-refractivity contribution < 1.29 is 14.3 Å². The standard InChI is InChI=1S/C22H26ClN3O3S/c1-14-11-15-3-4-17(12-16(15)7-9-26(14)2)24-21(28)22(8-10-29-13-22)25-20(27)18-5-6-19(23)30-18/h3-6,12,14H,7-11,13H2,1-2H3,(H,24,28)(H,25,27)/t14?,22-/m0/s1. The van der Waals surface area contributed by atoms with Gasteiger partial charge in [0.25, 0.3) is 11.8 Å². The van der Waals surface area contributed by atoms with Crippen molar-refractivity contribution in [3.05, 3.63) is 50.7 Å². The number of benzene rings is 1. The van der Waals surface area contributed by atoms with Gasteiger partial charge in [-0.2, -0.15) is 0 Å². The molecule has 2 atom stereocenters. The average molecular weight is 448 g/mol. The van der Waals surface area contributed by atoms with Crippen LogP contribution in [0.1, 0.15) is 34.1 Å². The molecule has 4 rings (SSSR count). The second-order valence-electron chi connectivity index (χ2n) is 8.16. The van der Waals surface area contributed by atoms with Crippen LogP contribution in [0, 0.1) is 0 Å². The molecule has 1 aromatic carbocycles. The number of halogens is 1. The van der Waals surface area contributed by atoms with Crippen molar-refractivity contribution in [2.75, 3.05) is 32.1 Å². The number of hydrogen-bond donors (Lipinski definition) is 2. The molecule has 8 heteroatoms. The van der Waals surface area contributed by atoms with E-state index in [0.29, 0.717) is 28.3 Å². The number of anilines is 1. The third-order valence-corrected chi connectivity index (χ3v) is 7.30. The van der Waals surface area contributed by atoms with Crippen molar-refractivity contribution in [1.82, 2.24) is 10.2 Å². The van der Waals surface area contributed by atoms with Crippen molar-refractivity contribution >= 4 is 40.4 Å². The number of thiophene rings is 1. The predicted octanol–water partition coefficient (Wildman–Crippen LogP) is 3.35. The van der Waals surface area contributed by atoms with E-state index in [1.165, 1.54) is 22.5 Å². The molecule has 2 aliphatic rings. The zero-order valence-corrected chi connectivity index (χ0v) is 18.7. The monoisotopic (exact) mass is 447 g/mol. The molecule has 2 N–H and O–H groups in total. The van der Waals surface area contributed by atoms with Gasteiger partial charge >= 0.3 is 0 Å². The molecular weight excluding hydrogens is 422 g/mol. The highest BCUT2D eigenvalue weighted by molar-refractivity contribution is 7.18. The smallest absolute Gasteiger partial charge is 0.262 e. The Balaban J connectivity index is 1.50. The molecule has 0 aliphatic carbocycles. The molecule has 0 saturated carbocycles. The zero-order chi connectivity index (χ0) is 21.3. The van der Waals surface area contributed by atoms with Gasteiger partial charge in [0.05, 0.1) is 15.8 Å². The van der Waals surface area contributed by atoms with Crippen LogP contribution in [0.4, 0.5) is 5.69 Å². The highest BCUT2D eigenvalue weighted by atomic mass is 35.5. The van der Waals surface area contributed by atoms with Gasteiger partial charge in [0.1, 0.15) is 5.54 Å². The van der Waals surface area contributed by atoms with E-state index in [4.69, 9.17) is 16.3 Å². The van der Waals surface area contributed by atoms with Gasteiger partial charge in [-0.3, -0.25) is 9.59 Å². The molecule has 2 amide bonds. The number of carbonyl (C=O) groups excluding carboxylic acids is 2. The molecular formula is C22H26ClN3O3S. The van der Waals surface area contributed by atoms with Gasteiger partial charge in [0, 0.05) is 31.3 Å². The van der Waals surface area contributed by atoms with Gasteiger partial charge in [0.15, 0.2) is 0 Å². The van der Waals surface area contributed by atoms with Gasteiger partial charge < -0.3 is 20.3 Å². The van der Waals surface area contributed by atoms with Crippen LogP contribution in [0.15, 0.2) is 30.3 Å². The quantitative estimate of drug-likeness (QED) is 0.754. The molecule has 0 bridgehead atoms. The maximum absolute atomic E-state index is 13.2. The first kappa shape index (κ1) is 21.3. The van der Waals surface area contributed by atoms with Crippen LogP contribution in [0.3, 0.4) is 0 Å². The third kappa shape index (κ3) is 4.39. The minimum Gasteiger partial charge on any atom is -0.378 e. The molecule has 160 valence electrons. The lowest BCUT2D eigenvalue weighted by molar-refractivity contribution is -0.122. The topological polar surface area (TPSA) is 70.7 Å². The molecule has 1 aromatic heterocycles. The number of nitrogens with one attached hydrogen (secondary N) is 2. The summed E-state index contributed by atoms with van der Waals surface area (Å²) in [7, 11) is 2.15. The molecule has 1 fully saturated rings. The second kappa shape index (κ2) is 8.67. The minimum atomic E-state index is -1.09. The minimum absolute atomic E-state index is 0.150. The molecule has 1 saturated heterocycles. The van der Waals surface area contributed by atoms with Gasteiger partial charge in [-0.1, -0.05) is 17.7 Å². The summed E-state index contributed by atoms with van der Waals surface area (Å²) < 4.78 is 6.02. The lowest BCUT2D eigenvalue weighted by atomic mass is 9.96. The Hall–Kier alpha value is -1.93. The Labute approximate surface area is 185 Å². The maximum Gasteiger partial charge on any atom is 0.262 e. The van der Waals surface area contributed by atoms with Crippen molar-refractivity contribution in [2.24, 2.45) is 0 Å². The maximum atomic E-state index is 13.2. The van der Waals surface area contributed by atoms with Crippen molar-refractivity contribution in [2.45, 2.75) is 37.8 Å². The fourth-order valence-electron chi connectivity index (χ4n) is 3.99. The molecule has 2 aromatic rings. The molecule has 6 nitrogen and oxygen atoms in total. The van der Waals surface area contributed by atoms with Crippen LogP contribution in [-0.4, -0.2) is 55.1 Å². The highest BCUT2D eigenvalue weighted by Crippen LogP contribution is 2.27. The molecule has 0 radical (unpaired) electrons. The van der Waals surface area contributed by atoms with Crippen LogP contribution in [-0.2, 0) is 22.4 Å². The number of rotatable bonds is 4. The van der Waals surface area contributed by atoms with E-state index in [1.807, 2.05) is 6.07 Å². The molecule has 1 unspecified atom stereocenters. The number of amides is 2. The lowest BCUT2D eigenvalue weighted by Crippen LogP contribution is -2.57. The third-order valence-electron chi connectivity index (χ3n) is 6.07. The van der Waals surface area contributed by atoms with Crippen LogP contribution >= 0.6 is 22.9 Å².